The second kappa shape index (κ2) is 6.58. The molecule has 4 nitrogen and oxygen atoms in total. The van der Waals surface area contributed by atoms with E-state index in [9.17, 15) is 4.79 Å². The lowest BCUT2D eigenvalue weighted by atomic mass is 10.1. The van der Waals surface area contributed by atoms with Gasteiger partial charge in [0.05, 0.1) is 6.54 Å². The molecule has 2 aliphatic heterocycles. The highest BCUT2D eigenvalue weighted by molar-refractivity contribution is 5.96. The third kappa shape index (κ3) is 3.11. The first-order valence-electron chi connectivity index (χ1n) is 8.03. The van der Waals surface area contributed by atoms with E-state index < -0.39 is 0 Å². The molecule has 1 fully saturated rings. The van der Waals surface area contributed by atoms with Crippen molar-refractivity contribution in [3.8, 4) is 0 Å². The standard InChI is InChI=1S/C17H24N2O2/c20-12-4-7-15-6-3-10-18(15)13-17(21)19-11-9-14-5-1-2-8-16(14)19/h1-2,5,8,15,20H,3-4,6-7,9-13H2. The number of carbonyl (C=O) groups is 1. The highest BCUT2D eigenvalue weighted by atomic mass is 16.3. The molecule has 21 heavy (non-hydrogen) atoms. The SMILES string of the molecule is O=C(CN1CCCC1CCCO)N1CCc2ccccc21. The maximum Gasteiger partial charge on any atom is 0.241 e. The lowest BCUT2D eigenvalue weighted by Gasteiger charge is -2.26. The molecule has 3 rings (SSSR count). The number of fused-ring (bicyclic) bond motifs is 1. The van der Waals surface area contributed by atoms with E-state index in [4.69, 9.17) is 5.11 Å². The Morgan fingerprint density at radius 3 is 3.00 bits per heavy atom. The molecule has 2 aliphatic rings. The summed E-state index contributed by atoms with van der Waals surface area (Å²) in [6.45, 7) is 2.59. The fourth-order valence-corrected chi connectivity index (χ4v) is 3.61. The molecule has 114 valence electrons. The highest BCUT2D eigenvalue weighted by Crippen LogP contribution is 2.28. The summed E-state index contributed by atoms with van der Waals surface area (Å²) in [6.07, 6.45) is 5.13. The normalized spacial score (nSPS) is 21.8. The van der Waals surface area contributed by atoms with Crippen LogP contribution in [0, 0.1) is 0 Å². The molecule has 1 N–H and O–H groups in total. The molecule has 0 bridgehead atoms. The minimum Gasteiger partial charge on any atom is -0.396 e. The molecule has 4 heteroatoms. The lowest BCUT2D eigenvalue weighted by Crippen LogP contribution is -2.41. The summed E-state index contributed by atoms with van der Waals surface area (Å²) in [7, 11) is 0. The summed E-state index contributed by atoms with van der Waals surface area (Å²) in [4.78, 5) is 16.9. The first-order valence-corrected chi connectivity index (χ1v) is 8.03. The van der Waals surface area contributed by atoms with E-state index in [0.29, 0.717) is 12.6 Å². The van der Waals surface area contributed by atoms with Gasteiger partial charge in [-0.3, -0.25) is 9.69 Å². The predicted octanol–water partition coefficient (Wildman–Crippen LogP) is 1.81. The maximum absolute atomic E-state index is 12.6. The van der Waals surface area contributed by atoms with E-state index in [1.807, 2.05) is 23.1 Å². The average molecular weight is 288 g/mol. The average Bonchev–Trinajstić information content (AvgIpc) is 3.11. The quantitative estimate of drug-likeness (QED) is 0.898. The third-order valence-corrected chi connectivity index (χ3v) is 4.72. The van der Waals surface area contributed by atoms with Crippen molar-refractivity contribution in [2.45, 2.75) is 38.1 Å². The number of rotatable bonds is 5. The molecule has 0 saturated carbocycles. The van der Waals surface area contributed by atoms with Gasteiger partial charge in [-0.15, -0.1) is 0 Å². The van der Waals surface area contributed by atoms with E-state index in [-0.39, 0.29) is 12.5 Å². The number of likely N-dealkylation sites (tertiary alicyclic amines) is 1. The number of amides is 1. The van der Waals surface area contributed by atoms with E-state index in [0.717, 1.165) is 44.5 Å². The number of aliphatic hydroxyl groups excluding tert-OH is 1. The Bertz CT molecular complexity index is 503. The minimum absolute atomic E-state index is 0.218. The van der Waals surface area contributed by atoms with Gasteiger partial charge in [0.15, 0.2) is 0 Å². The van der Waals surface area contributed by atoms with Crippen molar-refractivity contribution in [1.82, 2.24) is 4.90 Å². The molecular weight excluding hydrogens is 264 g/mol. The molecular formula is C17H24N2O2. The summed E-state index contributed by atoms with van der Waals surface area (Å²) in [5, 5.41) is 8.98. The van der Waals surface area contributed by atoms with Crippen LogP contribution in [-0.2, 0) is 11.2 Å². The van der Waals surface area contributed by atoms with E-state index in [2.05, 4.69) is 11.0 Å². The highest BCUT2D eigenvalue weighted by Gasteiger charge is 2.30. The van der Waals surface area contributed by atoms with Crippen LogP contribution in [0.5, 0.6) is 0 Å². The first-order chi connectivity index (χ1) is 10.3. The number of aliphatic hydroxyl groups is 1. The molecule has 1 aromatic carbocycles. The summed E-state index contributed by atoms with van der Waals surface area (Å²) in [5.74, 6) is 0.218. The Morgan fingerprint density at radius 1 is 1.29 bits per heavy atom. The van der Waals surface area contributed by atoms with Crippen molar-refractivity contribution in [1.29, 1.82) is 0 Å². The van der Waals surface area contributed by atoms with Crippen molar-refractivity contribution in [2.24, 2.45) is 0 Å². The van der Waals surface area contributed by atoms with Crippen molar-refractivity contribution in [3.05, 3.63) is 29.8 Å². The topological polar surface area (TPSA) is 43.8 Å². The van der Waals surface area contributed by atoms with Gasteiger partial charge in [-0.25, -0.2) is 0 Å². The molecule has 0 spiro atoms. The summed E-state index contributed by atoms with van der Waals surface area (Å²) in [5.41, 5.74) is 2.37. The number of nitrogens with zero attached hydrogens (tertiary/aromatic N) is 2. The second-order valence-corrected chi connectivity index (χ2v) is 6.06. The largest absolute Gasteiger partial charge is 0.396 e. The van der Waals surface area contributed by atoms with Gasteiger partial charge < -0.3 is 10.0 Å². The van der Waals surface area contributed by atoms with Crippen molar-refractivity contribution >= 4 is 11.6 Å². The molecule has 1 unspecified atom stereocenters. The molecule has 1 saturated heterocycles. The molecule has 1 aromatic rings. The Hall–Kier alpha value is -1.39. The number of carbonyl (C=O) groups excluding carboxylic acids is 1. The summed E-state index contributed by atoms with van der Waals surface area (Å²) < 4.78 is 0. The fraction of sp³-hybridized carbons (Fsp3) is 0.588. The van der Waals surface area contributed by atoms with Crippen LogP contribution in [0.4, 0.5) is 5.69 Å². The molecule has 1 atom stereocenters. The van der Waals surface area contributed by atoms with Crippen molar-refractivity contribution in [2.75, 3.05) is 31.1 Å². The van der Waals surface area contributed by atoms with E-state index in [1.54, 1.807) is 0 Å². The summed E-state index contributed by atoms with van der Waals surface area (Å²) >= 11 is 0. The number of anilines is 1. The van der Waals surface area contributed by atoms with Gasteiger partial charge in [-0.2, -0.15) is 0 Å². The third-order valence-electron chi connectivity index (χ3n) is 4.72. The van der Waals surface area contributed by atoms with Gasteiger partial charge in [-0.05, 0) is 50.3 Å². The number of para-hydroxylation sites is 1. The molecule has 1 amide bonds. The zero-order valence-electron chi connectivity index (χ0n) is 12.5. The minimum atomic E-state index is 0.218. The van der Waals surface area contributed by atoms with Crippen molar-refractivity contribution < 1.29 is 9.90 Å². The van der Waals surface area contributed by atoms with E-state index in [1.165, 1.54) is 12.0 Å². The summed E-state index contributed by atoms with van der Waals surface area (Å²) in [6, 6.07) is 8.68. The maximum atomic E-state index is 12.6. The van der Waals surface area contributed by atoms with Gasteiger partial charge in [0.25, 0.3) is 0 Å². The van der Waals surface area contributed by atoms with Gasteiger partial charge in [0.2, 0.25) is 5.91 Å². The molecule has 0 aromatic heterocycles. The number of hydrogen-bond donors (Lipinski definition) is 1. The Balaban J connectivity index is 1.62. The van der Waals surface area contributed by atoms with Crippen LogP contribution in [0.3, 0.4) is 0 Å². The Labute approximate surface area is 126 Å². The van der Waals surface area contributed by atoms with E-state index >= 15 is 0 Å². The van der Waals surface area contributed by atoms with Gasteiger partial charge in [0.1, 0.15) is 0 Å². The van der Waals surface area contributed by atoms with Crippen LogP contribution in [0.2, 0.25) is 0 Å². The van der Waals surface area contributed by atoms with Crippen LogP contribution < -0.4 is 4.90 Å². The Morgan fingerprint density at radius 2 is 2.14 bits per heavy atom. The monoisotopic (exact) mass is 288 g/mol. The lowest BCUT2D eigenvalue weighted by molar-refractivity contribution is -0.119. The molecule has 0 radical (unpaired) electrons. The van der Waals surface area contributed by atoms with Gasteiger partial charge >= 0.3 is 0 Å². The number of benzene rings is 1. The first kappa shape index (κ1) is 14.5. The van der Waals surface area contributed by atoms with Crippen LogP contribution in [0.1, 0.15) is 31.2 Å². The predicted molar refractivity (Wildman–Crippen MR) is 83.4 cm³/mol. The van der Waals surface area contributed by atoms with Crippen LogP contribution in [0.25, 0.3) is 0 Å². The van der Waals surface area contributed by atoms with Gasteiger partial charge in [-0.1, -0.05) is 18.2 Å². The smallest absolute Gasteiger partial charge is 0.241 e. The van der Waals surface area contributed by atoms with Crippen LogP contribution in [-0.4, -0.2) is 48.2 Å². The van der Waals surface area contributed by atoms with Crippen LogP contribution >= 0.6 is 0 Å². The second-order valence-electron chi connectivity index (χ2n) is 6.06. The Kier molecular flexibility index (Phi) is 4.56. The molecule has 2 heterocycles. The van der Waals surface area contributed by atoms with Crippen molar-refractivity contribution in [3.63, 3.8) is 0 Å². The zero-order valence-corrected chi connectivity index (χ0v) is 12.5. The van der Waals surface area contributed by atoms with Crippen LogP contribution in [0.15, 0.2) is 24.3 Å². The number of hydrogen-bond acceptors (Lipinski definition) is 3. The van der Waals surface area contributed by atoms with Gasteiger partial charge in [0, 0.05) is 24.9 Å². The molecule has 0 aliphatic carbocycles. The fourth-order valence-electron chi connectivity index (χ4n) is 3.61. The zero-order chi connectivity index (χ0) is 14.7.